The van der Waals surface area contributed by atoms with Crippen molar-refractivity contribution >= 4 is 13.7 Å². The largest absolute Gasteiger partial charge is 0.472 e. The summed E-state index contributed by atoms with van der Waals surface area (Å²) in [5, 5.41) is 13.6. The van der Waals surface area contributed by atoms with Gasteiger partial charge >= 0.3 is 7.82 Å². The van der Waals surface area contributed by atoms with E-state index in [0.717, 1.165) is 44.9 Å². The number of amides is 1. The molecule has 1 amide bonds. The van der Waals surface area contributed by atoms with Gasteiger partial charge in [-0.25, -0.2) is 4.57 Å². The van der Waals surface area contributed by atoms with Gasteiger partial charge in [0.25, 0.3) is 0 Å². The third-order valence-corrected chi connectivity index (χ3v) is 8.09. The molecule has 3 atom stereocenters. The molecule has 3 unspecified atom stereocenters. The molecule has 0 fully saturated rings. The lowest BCUT2D eigenvalue weighted by molar-refractivity contribution is -0.870. The Kier molecular flexibility index (Phi) is 23.8. The number of aliphatic hydroxyl groups is 1. The Bertz CT molecular complexity index is 629. The van der Waals surface area contributed by atoms with Crippen molar-refractivity contribution in [2.45, 2.75) is 148 Å². The first-order valence-corrected chi connectivity index (χ1v) is 17.4. The van der Waals surface area contributed by atoms with Gasteiger partial charge in [-0.15, -0.1) is 0 Å². The minimum Gasteiger partial charge on any atom is -0.391 e. The molecule has 0 aromatic carbocycles. The third-order valence-electron chi connectivity index (χ3n) is 7.11. The molecular weight excluding hydrogens is 515 g/mol. The van der Waals surface area contributed by atoms with Crippen molar-refractivity contribution in [1.29, 1.82) is 0 Å². The number of hydrogen-bond acceptors (Lipinski definition) is 5. The number of carbonyl (C=O) groups is 1. The first-order valence-electron chi connectivity index (χ1n) is 15.9. The number of nitrogens with zero attached hydrogens (tertiary/aromatic N) is 1. The zero-order chi connectivity index (χ0) is 29.4. The Morgan fingerprint density at radius 1 is 0.769 bits per heavy atom. The van der Waals surface area contributed by atoms with E-state index >= 15 is 0 Å². The Hall–Kier alpha value is -0.500. The second kappa shape index (κ2) is 24.1. The maximum absolute atomic E-state index is 12.6. The third kappa shape index (κ3) is 26.2. The average molecular weight is 580 g/mol. The zero-order valence-electron chi connectivity index (χ0n) is 26.1. The number of rotatable bonds is 28. The van der Waals surface area contributed by atoms with Crippen molar-refractivity contribution in [3.8, 4) is 0 Å². The molecule has 0 radical (unpaired) electrons. The summed E-state index contributed by atoms with van der Waals surface area (Å²) in [6.45, 7) is 4.74. The summed E-state index contributed by atoms with van der Waals surface area (Å²) in [7, 11) is 1.61. The number of likely N-dealkylation sites (N-methyl/N-ethyl adjacent to an activating group) is 1. The fraction of sp³-hybridized carbons (Fsp3) is 0.967. The van der Waals surface area contributed by atoms with Crippen molar-refractivity contribution in [2.75, 3.05) is 40.9 Å². The van der Waals surface area contributed by atoms with Gasteiger partial charge in [0.2, 0.25) is 5.91 Å². The van der Waals surface area contributed by atoms with E-state index in [1.807, 2.05) is 21.1 Å². The number of hydrogen-bond donors (Lipinski definition) is 3. The van der Waals surface area contributed by atoms with Gasteiger partial charge in [0.15, 0.2) is 0 Å². The van der Waals surface area contributed by atoms with Gasteiger partial charge in [0.1, 0.15) is 13.2 Å². The first-order chi connectivity index (χ1) is 18.5. The van der Waals surface area contributed by atoms with Crippen LogP contribution in [0.3, 0.4) is 0 Å². The van der Waals surface area contributed by atoms with Crippen LogP contribution in [0.2, 0.25) is 0 Å². The van der Waals surface area contributed by atoms with E-state index in [4.69, 9.17) is 9.05 Å². The van der Waals surface area contributed by atoms with Crippen LogP contribution in [-0.2, 0) is 18.4 Å². The number of quaternary nitrogens is 1. The van der Waals surface area contributed by atoms with Crippen molar-refractivity contribution in [3.63, 3.8) is 0 Å². The fourth-order valence-corrected chi connectivity index (χ4v) is 5.19. The monoisotopic (exact) mass is 579 g/mol. The topological polar surface area (TPSA) is 105 Å². The molecule has 0 rings (SSSR count). The maximum atomic E-state index is 12.6. The van der Waals surface area contributed by atoms with Crippen molar-refractivity contribution in [3.05, 3.63) is 0 Å². The minimum absolute atomic E-state index is 0.0763. The molecule has 0 saturated heterocycles. The van der Waals surface area contributed by atoms with Crippen LogP contribution < -0.4 is 5.32 Å². The second-order valence-electron chi connectivity index (χ2n) is 12.2. The number of unbranched alkanes of at least 4 members (excludes halogenated alkanes) is 15. The molecule has 0 aliphatic heterocycles. The summed E-state index contributed by atoms with van der Waals surface area (Å²) >= 11 is 0. The van der Waals surface area contributed by atoms with Crippen LogP contribution in [0.4, 0.5) is 0 Å². The number of phosphoric acid groups is 1. The predicted molar refractivity (Wildman–Crippen MR) is 162 cm³/mol. The lowest BCUT2D eigenvalue weighted by Crippen LogP contribution is -2.46. The second-order valence-corrected chi connectivity index (χ2v) is 13.6. The van der Waals surface area contributed by atoms with E-state index in [1.165, 1.54) is 64.2 Å². The quantitative estimate of drug-likeness (QED) is 0.0518. The highest BCUT2D eigenvalue weighted by Crippen LogP contribution is 2.43. The summed E-state index contributed by atoms with van der Waals surface area (Å²) < 4.78 is 23.2. The molecule has 39 heavy (non-hydrogen) atoms. The van der Waals surface area contributed by atoms with E-state index in [0.29, 0.717) is 23.9 Å². The first kappa shape index (κ1) is 38.5. The van der Waals surface area contributed by atoms with Crippen molar-refractivity contribution in [2.24, 2.45) is 0 Å². The van der Waals surface area contributed by atoms with Crippen molar-refractivity contribution < 1.29 is 32.9 Å². The van der Waals surface area contributed by atoms with Crippen LogP contribution in [0.25, 0.3) is 0 Å². The van der Waals surface area contributed by atoms with Gasteiger partial charge in [-0.1, -0.05) is 117 Å². The summed E-state index contributed by atoms with van der Waals surface area (Å²) in [6, 6.07) is -0.747. The molecule has 0 aliphatic carbocycles. The minimum atomic E-state index is -4.28. The summed E-state index contributed by atoms with van der Waals surface area (Å²) in [5.74, 6) is -0.155. The molecule has 0 heterocycles. The average Bonchev–Trinajstić information content (AvgIpc) is 2.86. The lowest BCUT2D eigenvalue weighted by Gasteiger charge is -2.26. The highest BCUT2D eigenvalue weighted by molar-refractivity contribution is 7.47. The molecule has 0 aromatic heterocycles. The van der Waals surface area contributed by atoms with Gasteiger partial charge in [0, 0.05) is 6.42 Å². The number of carbonyl (C=O) groups excluding carboxylic acids is 1. The number of nitrogens with one attached hydrogen (secondary N) is 1. The highest BCUT2D eigenvalue weighted by Gasteiger charge is 2.28. The van der Waals surface area contributed by atoms with Gasteiger partial charge < -0.3 is 19.8 Å². The summed E-state index contributed by atoms with van der Waals surface area (Å²) in [6.07, 6.45) is 20.3. The SMILES string of the molecule is CCCCCCCCCCCCCCCC(=O)NC(COP(=O)(O)OCC[N+](C)(C)C)C(O)CCCCCC. The van der Waals surface area contributed by atoms with E-state index in [1.54, 1.807) is 0 Å². The Morgan fingerprint density at radius 3 is 1.72 bits per heavy atom. The standard InChI is InChI=1S/C30H63N2O6P/c1-6-8-10-12-13-14-15-16-17-18-19-20-22-24-30(34)31-28(29(33)23-21-11-9-7-2)27-38-39(35,36)37-26-25-32(3,4)5/h28-29,33H,6-27H2,1-5H3,(H-,31,34,35,36)/p+1. The van der Waals surface area contributed by atoms with Crippen LogP contribution in [0, 0.1) is 0 Å². The molecule has 234 valence electrons. The van der Waals surface area contributed by atoms with E-state index < -0.39 is 20.0 Å². The molecular formula is C30H64N2O6P+. The normalized spacial score (nSPS) is 15.2. The van der Waals surface area contributed by atoms with Crippen LogP contribution in [-0.4, -0.2) is 73.4 Å². The zero-order valence-corrected chi connectivity index (χ0v) is 27.0. The summed E-state index contributed by atoms with van der Waals surface area (Å²) in [4.78, 5) is 22.7. The van der Waals surface area contributed by atoms with Gasteiger partial charge in [0.05, 0.1) is 39.9 Å². The van der Waals surface area contributed by atoms with Crippen LogP contribution >= 0.6 is 7.82 Å². The Balaban J connectivity index is 4.33. The lowest BCUT2D eigenvalue weighted by atomic mass is 10.0. The van der Waals surface area contributed by atoms with Gasteiger partial charge in [-0.3, -0.25) is 13.8 Å². The van der Waals surface area contributed by atoms with Gasteiger partial charge in [-0.05, 0) is 12.8 Å². The molecule has 9 heteroatoms. The number of aliphatic hydroxyl groups excluding tert-OH is 1. The molecule has 0 aliphatic rings. The summed E-state index contributed by atoms with van der Waals surface area (Å²) in [5.41, 5.74) is 0. The molecule has 0 saturated carbocycles. The van der Waals surface area contributed by atoms with E-state index in [2.05, 4.69) is 19.2 Å². The molecule has 0 spiro atoms. The smallest absolute Gasteiger partial charge is 0.391 e. The predicted octanol–water partition coefficient (Wildman–Crippen LogP) is 7.12. The molecule has 3 N–H and O–H groups in total. The Labute approximate surface area is 240 Å². The van der Waals surface area contributed by atoms with Gasteiger partial charge in [-0.2, -0.15) is 0 Å². The van der Waals surface area contributed by atoms with E-state index in [9.17, 15) is 19.4 Å². The Morgan fingerprint density at radius 2 is 1.23 bits per heavy atom. The maximum Gasteiger partial charge on any atom is 0.472 e. The van der Waals surface area contributed by atoms with E-state index in [-0.39, 0.29) is 19.1 Å². The van der Waals surface area contributed by atoms with Crippen LogP contribution in [0.1, 0.15) is 136 Å². The molecule has 0 aromatic rings. The fourth-order valence-electron chi connectivity index (χ4n) is 4.45. The molecule has 8 nitrogen and oxygen atoms in total. The number of phosphoric ester groups is 1. The van der Waals surface area contributed by atoms with Crippen molar-refractivity contribution in [1.82, 2.24) is 5.32 Å². The highest BCUT2D eigenvalue weighted by atomic mass is 31.2. The molecule has 0 bridgehead atoms. The van der Waals surface area contributed by atoms with Crippen LogP contribution in [0.15, 0.2) is 0 Å². The van der Waals surface area contributed by atoms with Crippen LogP contribution in [0.5, 0.6) is 0 Å².